The van der Waals surface area contributed by atoms with Crippen molar-refractivity contribution in [3.63, 3.8) is 0 Å². The van der Waals surface area contributed by atoms with Crippen LogP contribution in [-0.2, 0) is 87.9 Å². The Balaban J connectivity index is 0.000000533. The van der Waals surface area contributed by atoms with Gasteiger partial charge >= 0.3 is 118 Å². The molecule has 0 unspecified atom stereocenters. The molecule has 634 valence electrons. The monoisotopic (exact) mass is 1790 g/mol. The number of benzene rings is 4. The van der Waals surface area contributed by atoms with Crippen LogP contribution in [0.15, 0.2) is 95.6 Å². The van der Waals surface area contributed by atoms with Crippen LogP contribution in [-0.4, -0.2) is 22.6 Å². The first-order valence-electron chi connectivity index (χ1n) is 46.5. The zero-order valence-corrected chi connectivity index (χ0v) is 79.3. The number of hydrogen-bond donors (Lipinski definition) is 0. The Hall–Kier alpha value is -2.92. The van der Waals surface area contributed by atoms with Gasteiger partial charge in [0.05, 0.1) is 0 Å². The molecule has 0 radical (unpaired) electrons. The van der Waals surface area contributed by atoms with Gasteiger partial charge < -0.3 is 11.1 Å². The molecule has 111 heavy (non-hydrogen) atoms. The second kappa shape index (κ2) is 68.0. The van der Waals surface area contributed by atoms with Crippen molar-refractivity contribution in [1.82, 2.24) is 0 Å². The van der Waals surface area contributed by atoms with Gasteiger partial charge in [0, 0.05) is 45.0 Å². The van der Waals surface area contributed by atoms with E-state index < -0.39 is 0 Å². The molecule has 0 saturated carbocycles. The van der Waals surface area contributed by atoms with Gasteiger partial charge in [-0.05, 0) is 209 Å². The van der Waals surface area contributed by atoms with E-state index in [2.05, 4.69) is 197 Å². The summed E-state index contributed by atoms with van der Waals surface area (Å²) in [5.41, 5.74) is 48.0. The quantitative estimate of drug-likeness (QED) is 0.0251. The average molecular weight is 1790 g/mol. The zero-order chi connectivity index (χ0) is 80.7. The molecule has 0 amide bonds. The minimum atomic E-state index is 0.0757. The summed E-state index contributed by atoms with van der Waals surface area (Å²) in [5.74, 6) is 0. The van der Waals surface area contributed by atoms with Crippen LogP contribution in [0.1, 0.15) is 452 Å². The molecular weight excluding hydrogens is 1630 g/mol. The first kappa shape index (κ1) is 102. The Morgan fingerprint density at radius 3 is 0.829 bits per heavy atom. The summed E-state index contributed by atoms with van der Waals surface area (Å²) >= 11 is 6.08. The van der Waals surface area contributed by atoms with Crippen LogP contribution in [0, 0.1) is 0 Å². The number of allylic oxidation sites excluding steroid dienone is 4. The zero-order valence-electron chi connectivity index (χ0n) is 73.6. The molecule has 0 saturated heterocycles. The van der Waals surface area contributed by atoms with Crippen molar-refractivity contribution in [2.45, 2.75) is 437 Å². The summed E-state index contributed by atoms with van der Waals surface area (Å²) in [5, 5.41) is 0. The molecule has 0 aliphatic carbocycles. The van der Waals surface area contributed by atoms with Crippen LogP contribution < -0.4 is 0 Å². The van der Waals surface area contributed by atoms with E-state index in [0.717, 1.165) is 132 Å². The third-order valence-corrected chi connectivity index (χ3v) is 23.5. The minimum absolute atomic E-state index is 0.0757. The van der Waals surface area contributed by atoms with Crippen molar-refractivity contribution in [3.8, 4) is 0 Å². The second-order valence-corrected chi connectivity index (χ2v) is 38.3. The fraction of sp³-hybridized carbons (Fsp3) is 0.683. The molecule has 0 fully saturated rings. The van der Waals surface area contributed by atoms with E-state index in [0.29, 0.717) is 0 Å². The number of rotatable bonds is 62. The molecule has 0 N–H and O–H groups in total. The molecule has 6 nitrogen and oxygen atoms in total. The number of halogens is 2. The van der Waals surface area contributed by atoms with E-state index in [4.69, 9.17) is 6.92 Å². The summed E-state index contributed by atoms with van der Waals surface area (Å²) < 4.78 is 13.7. The van der Waals surface area contributed by atoms with E-state index in [9.17, 15) is 11.1 Å². The van der Waals surface area contributed by atoms with Crippen LogP contribution in [0.4, 0.5) is 0 Å². The van der Waals surface area contributed by atoms with Crippen molar-refractivity contribution in [2.75, 3.05) is 13.2 Å². The molecule has 0 atom stereocenters. The summed E-state index contributed by atoms with van der Waals surface area (Å²) in [7, 11) is 1.25. The van der Waals surface area contributed by atoms with Crippen LogP contribution in [0.2, 0.25) is 0 Å². The normalized spacial score (nSPS) is 12.9. The van der Waals surface area contributed by atoms with Gasteiger partial charge in [-0.1, -0.05) is 306 Å². The molecular formula is C101H164Br2N4NiO2Pd. The average Bonchev–Trinajstić information content (AvgIpc) is 1.60. The third kappa shape index (κ3) is 42.9. The molecule has 4 aromatic rings. The van der Waals surface area contributed by atoms with E-state index in [1.165, 1.54) is 345 Å². The summed E-state index contributed by atoms with van der Waals surface area (Å²) in [6.45, 7) is 30.9. The van der Waals surface area contributed by atoms with Gasteiger partial charge in [0.15, 0.2) is 0 Å². The number of unbranched alkanes of at least 4 members (excludes halogenated alkanes) is 34. The first-order chi connectivity index (χ1) is 54.4. The van der Waals surface area contributed by atoms with Crippen molar-refractivity contribution in [3.05, 3.63) is 173 Å². The molecule has 2 aliphatic heterocycles. The van der Waals surface area contributed by atoms with Gasteiger partial charge in [-0.25, -0.2) is 9.39 Å². The maximum atomic E-state index is 12.2. The van der Waals surface area contributed by atoms with Crippen LogP contribution in [0.25, 0.3) is 33.9 Å². The molecule has 2 aliphatic rings. The van der Waals surface area contributed by atoms with Gasteiger partial charge in [0.25, 0.3) is 0 Å². The van der Waals surface area contributed by atoms with Crippen LogP contribution in [0.3, 0.4) is 0 Å². The number of hydrogen-bond acceptors (Lipinski definition) is 2. The van der Waals surface area contributed by atoms with Crippen molar-refractivity contribution in [2.24, 2.45) is 0 Å². The molecule has 4 aromatic carbocycles. The van der Waals surface area contributed by atoms with Gasteiger partial charge in [0.2, 0.25) is 22.8 Å². The number of aryl methyl sites for hydroxylation is 8. The Labute approximate surface area is 714 Å². The van der Waals surface area contributed by atoms with E-state index in [-0.39, 0.29) is 18.7 Å². The molecule has 0 spiro atoms. The predicted molar refractivity (Wildman–Crippen MR) is 487 cm³/mol. The molecule has 0 bridgehead atoms. The van der Waals surface area contributed by atoms with E-state index in [1.807, 2.05) is 0 Å². The summed E-state index contributed by atoms with van der Waals surface area (Å²) in [6, 6.07) is 28.3. The van der Waals surface area contributed by atoms with Gasteiger partial charge in [-0.3, -0.25) is 0 Å². The molecule has 2 heterocycles. The van der Waals surface area contributed by atoms with Gasteiger partial charge in [0.1, 0.15) is 0 Å². The second-order valence-electron chi connectivity index (χ2n) is 32.2. The van der Waals surface area contributed by atoms with Crippen molar-refractivity contribution in [1.29, 1.82) is 0 Å². The standard InChI is InChI=1S/C59H98N2.C34H48N2.2C4H9O.2BrH.Ni.Pd/c1-6-11-16-17-18-19-20-21-22-23-24-25-26-27-28-29-30-31-32-33-34-35-36-37-38-43-55-50-58(56-46-51(39-12-7-2)44-52(47-56)40-13-8-3)61(60)59(55)57-48-53(41-14-9-4)45-54(49-57)42-15-10-5;1-7-13-15-16-18-32-31(17-14-8-2)33(29-21-25(9-3)19-26(10-4)22-29)36(35)34(32)30-23-27(11-5)20-28(12-6)24-30;2*1-2-3-4-5;;;;/h44-50H,6-43H2,1-5H3;19-24H,7-18H2,1-6H3;2*2-4H2,1H3;2*1H;;/q;;2*-1;;;2*+2/p-2. The van der Waals surface area contributed by atoms with Gasteiger partial charge in [-0.15, -0.1) is 0 Å². The Bertz CT molecular complexity index is 3130. The Kier molecular flexibility index (Phi) is 62.7. The van der Waals surface area contributed by atoms with Crippen LogP contribution >= 0.6 is 28.5 Å². The van der Waals surface area contributed by atoms with Gasteiger partial charge in [-0.2, -0.15) is 0 Å². The maximum absolute atomic E-state index is 12.2. The van der Waals surface area contributed by atoms with Crippen LogP contribution in [0.5, 0.6) is 0 Å². The van der Waals surface area contributed by atoms with E-state index in [1.54, 1.807) is 9.39 Å². The molecule has 0 aromatic heterocycles. The molecule has 10 heteroatoms. The fourth-order valence-corrected chi connectivity index (χ4v) is 16.4. The fourth-order valence-electron chi connectivity index (χ4n) is 15.6. The number of nitrogens with zero attached hydrogens (tertiary/aromatic N) is 4. The first-order valence-corrected chi connectivity index (χ1v) is 52.6. The topological polar surface area (TPSA) is 69.1 Å². The van der Waals surface area contributed by atoms with Crippen molar-refractivity contribution >= 4 is 51.2 Å². The summed E-state index contributed by atoms with van der Waals surface area (Å²) in [6.07, 6.45) is 71.0. The SMILES string of the molecule is CCCCCCC1=C(c2cc(CC)cc(CC)c2)[N+](=[N-])C(c2cc(CC)cc(CC)c2)=C1CCCC.CCCCCCCCCCCCCCCCCCCCCCCCCCCC1=C(c2cc(CCCC)cc(CCCC)c2)[N+](=[N-])C(c2cc(CCCC)cc(CCCC)c2)=C1.CCCC[O][Pd][O]CCCC.[Br][Ni][Br]. The van der Waals surface area contributed by atoms with E-state index >= 15 is 0 Å². The Morgan fingerprint density at radius 2 is 0.514 bits per heavy atom. The van der Waals surface area contributed by atoms with Crippen molar-refractivity contribution < 1.29 is 45.9 Å². The summed E-state index contributed by atoms with van der Waals surface area (Å²) in [4.78, 5) is 0. The third-order valence-electron chi connectivity index (χ3n) is 22.5. The molecule has 6 rings (SSSR count). The predicted octanol–water partition coefficient (Wildman–Crippen LogP) is 34.5. The Morgan fingerprint density at radius 1 is 0.270 bits per heavy atom.